The van der Waals surface area contributed by atoms with E-state index in [2.05, 4.69) is 15.0 Å². The summed E-state index contributed by atoms with van der Waals surface area (Å²) in [5.41, 5.74) is 0.899. The van der Waals surface area contributed by atoms with Gasteiger partial charge in [0.05, 0.1) is 5.69 Å². The second kappa shape index (κ2) is 7.62. The maximum Gasteiger partial charge on any atom is 0.410 e. The van der Waals surface area contributed by atoms with Crippen LogP contribution < -0.4 is 10.6 Å². The Balaban J connectivity index is 1.53. The number of nitrogens with one attached hydrogen (secondary N) is 2. The molecule has 8 nitrogen and oxygen atoms in total. The van der Waals surface area contributed by atoms with Crippen LogP contribution in [0.2, 0.25) is 0 Å². The predicted molar refractivity (Wildman–Crippen MR) is 108 cm³/mol. The number of likely N-dealkylation sites (tertiary alicyclic amines) is 1. The minimum atomic E-state index is -3.71. The van der Waals surface area contributed by atoms with E-state index in [0.29, 0.717) is 31.2 Å². The number of hydrogen-bond acceptors (Lipinski definition) is 6. The largest absolute Gasteiger partial charge is 0.444 e. The van der Waals surface area contributed by atoms with Gasteiger partial charge in [-0.2, -0.15) is 8.42 Å². The molecule has 1 aromatic rings. The third kappa shape index (κ3) is 4.95. The fourth-order valence-electron chi connectivity index (χ4n) is 3.23. The third-order valence-corrected chi connectivity index (χ3v) is 6.02. The highest BCUT2D eigenvalue weighted by atomic mass is 32.2. The topological polar surface area (TPSA) is 100 Å². The van der Waals surface area contributed by atoms with Crippen molar-refractivity contribution in [3.63, 3.8) is 0 Å². The highest BCUT2D eigenvalue weighted by molar-refractivity contribution is 7.90. The number of carbonyl (C=O) groups is 1. The van der Waals surface area contributed by atoms with Crippen molar-refractivity contribution < 1.29 is 17.9 Å². The minimum absolute atomic E-state index is 0.198. The van der Waals surface area contributed by atoms with Crippen LogP contribution in [0.25, 0.3) is 0 Å². The number of sulfonamides is 1. The van der Waals surface area contributed by atoms with E-state index >= 15 is 0 Å². The van der Waals surface area contributed by atoms with Gasteiger partial charge in [0.15, 0.2) is 0 Å². The normalized spacial score (nSPS) is 19.3. The number of aryl methyl sites for hydroxylation is 1. The molecule has 0 unspecified atom stereocenters. The summed E-state index contributed by atoms with van der Waals surface area (Å²) in [6.45, 7) is 9.25. The van der Waals surface area contributed by atoms with Crippen LogP contribution in [-0.4, -0.2) is 50.6 Å². The first kappa shape index (κ1) is 20.4. The number of piperidine rings is 1. The molecule has 0 saturated carbocycles. The van der Waals surface area contributed by atoms with Gasteiger partial charge in [0.1, 0.15) is 10.5 Å². The zero-order valence-electron chi connectivity index (χ0n) is 16.8. The van der Waals surface area contributed by atoms with Crippen LogP contribution in [0.4, 0.5) is 10.5 Å². The van der Waals surface area contributed by atoms with Crippen LogP contribution in [0.3, 0.4) is 0 Å². The molecule has 0 aliphatic carbocycles. The van der Waals surface area contributed by atoms with Gasteiger partial charge in [-0.15, -0.1) is 4.40 Å². The number of nitrogens with zero attached hydrogens (tertiary/aromatic N) is 2. The van der Waals surface area contributed by atoms with Gasteiger partial charge < -0.3 is 20.3 Å². The Morgan fingerprint density at radius 1 is 1.32 bits per heavy atom. The van der Waals surface area contributed by atoms with Crippen molar-refractivity contribution in [2.45, 2.75) is 51.0 Å². The van der Waals surface area contributed by atoms with Crippen molar-refractivity contribution in [3.05, 3.63) is 23.8 Å². The summed E-state index contributed by atoms with van der Waals surface area (Å²) in [5, 5.41) is 6.16. The molecule has 0 atom stereocenters. The molecule has 2 heterocycles. The summed E-state index contributed by atoms with van der Waals surface area (Å²) in [4.78, 5) is 14.1. The molecule has 1 saturated heterocycles. The predicted octanol–water partition coefficient (Wildman–Crippen LogP) is 2.70. The van der Waals surface area contributed by atoms with E-state index in [9.17, 15) is 13.2 Å². The molecule has 2 aliphatic heterocycles. The molecule has 0 aromatic heterocycles. The molecule has 1 aromatic carbocycles. The lowest BCUT2D eigenvalue weighted by Crippen LogP contribution is -2.44. The lowest BCUT2D eigenvalue weighted by Gasteiger charge is -2.33. The van der Waals surface area contributed by atoms with Gasteiger partial charge in [0, 0.05) is 19.6 Å². The molecular formula is C19H28N4O4S. The Hall–Kier alpha value is -2.29. The second-order valence-corrected chi connectivity index (χ2v) is 9.90. The SMILES string of the molecule is Cc1ccc2c(c1)S(=O)(=O)N=C(NCC1CCN(C(=O)OC(C)(C)C)CC1)N2. The summed E-state index contributed by atoms with van der Waals surface area (Å²) >= 11 is 0. The van der Waals surface area contributed by atoms with Gasteiger partial charge in [-0.1, -0.05) is 6.07 Å². The molecule has 9 heteroatoms. The fourth-order valence-corrected chi connectivity index (χ4v) is 4.41. The monoisotopic (exact) mass is 408 g/mol. The molecule has 1 amide bonds. The fraction of sp³-hybridized carbons (Fsp3) is 0.579. The quantitative estimate of drug-likeness (QED) is 0.780. The summed E-state index contributed by atoms with van der Waals surface area (Å²) in [5.74, 6) is 0.566. The van der Waals surface area contributed by atoms with Crippen LogP contribution >= 0.6 is 0 Å². The highest BCUT2D eigenvalue weighted by Crippen LogP contribution is 2.28. The van der Waals surface area contributed by atoms with E-state index in [1.165, 1.54) is 0 Å². The van der Waals surface area contributed by atoms with Crippen LogP contribution in [0, 0.1) is 12.8 Å². The molecule has 1 fully saturated rings. The number of hydrogen-bond donors (Lipinski definition) is 2. The Morgan fingerprint density at radius 3 is 2.64 bits per heavy atom. The summed E-state index contributed by atoms with van der Waals surface area (Å²) in [6.07, 6.45) is 1.36. The Bertz CT molecular complexity index is 882. The number of fused-ring (bicyclic) bond motifs is 1. The van der Waals surface area contributed by atoms with Crippen LogP contribution in [0.5, 0.6) is 0 Å². The average molecular weight is 409 g/mol. The second-order valence-electron chi connectivity index (χ2n) is 8.33. The number of guanidine groups is 1. The lowest BCUT2D eigenvalue weighted by molar-refractivity contribution is 0.0185. The van der Waals surface area contributed by atoms with E-state index in [-0.39, 0.29) is 16.9 Å². The number of benzene rings is 1. The Morgan fingerprint density at radius 2 is 2.00 bits per heavy atom. The van der Waals surface area contributed by atoms with E-state index in [1.807, 2.05) is 33.8 Å². The summed E-state index contributed by atoms with van der Waals surface area (Å²) < 4.78 is 34.0. The number of anilines is 1. The van der Waals surface area contributed by atoms with E-state index in [4.69, 9.17) is 4.74 Å². The van der Waals surface area contributed by atoms with Crippen LogP contribution in [0.15, 0.2) is 27.5 Å². The maximum atomic E-state index is 12.4. The van der Waals surface area contributed by atoms with Gasteiger partial charge in [0.2, 0.25) is 5.96 Å². The molecule has 0 radical (unpaired) electrons. The molecule has 28 heavy (non-hydrogen) atoms. The Labute approximate surface area is 166 Å². The molecule has 154 valence electrons. The zero-order chi connectivity index (χ0) is 20.5. The standard InChI is InChI=1S/C19H28N4O4S/c1-13-5-6-15-16(11-13)28(25,26)22-17(21-15)20-12-14-7-9-23(10-8-14)18(24)27-19(2,3)4/h5-6,11,14H,7-10,12H2,1-4H3,(H2,20,21,22). The smallest absolute Gasteiger partial charge is 0.410 e. The maximum absolute atomic E-state index is 12.4. The molecule has 0 bridgehead atoms. The number of amides is 1. The van der Waals surface area contributed by atoms with Crippen molar-refractivity contribution in [1.29, 1.82) is 0 Å². The zero-order valence-corrected chi connectivity index (χ0v) is 17.6. The molecular weight excluding hydrogens is 380 g/mol. The van der Waals surface area contributed by atoms with Crippen molar-refractivity contribution in [2.24, 2.45) is 10.3 Å². The van der Waals surface area contributed by atoms with Gasteiger partial charge in [-0.05, 0) is 64.2 Å². The highest BCUT2D eigenvalue weighted by Gasteiger charge is 2.28. The first-order valence-electron chi connectivity index (χ1n) is 9.48. The van der Waals surface area contributed by atoms with Crippen LogP contribution in [0.1, 0.15) is 39.2 Å². The molecule has 2 aliphatic rings. The number of carbonyl (C=O) groups excluding carboxylic acids is 1. The summed E-state index contributed by atoms with van der Waals surface area (Å²) in [6, 6.07) is 5.22. The van der Waals surface area contributed by atoms with Crippen molar-refractivity contribution >= 4 is 27.8 Å². The molecule has 0 spiro atoms. The Kier molecular flexibility index (Phi) is 5.56. The first-order chi connectivity index (χ1) is 13.0. The third-order valence-electron chi connectivity index (χ3n) is 4.70. The lowest BCUT2D eigenvalue weighted by atomic mass is 9.97. The number of rotatable bonds is 2. The minimum Gasteiger partial charge on any atom is -0.444 e. The van der Waals surface area contributed by atoms with Gasteiger partial charge >= 0.3 is 6.09 Å². The first-order valence-corrected chi connectivity index (χ1v) is 10.9. The molecule has 3 rings (SSSR count). The van der Waals surface area contributed by atoms with Crippen molar-refractivity contribution in [3.8, 4) is 0 Å². The van der Waals surface area contributed by atoms with E-state index < -0.39 is 15.6 Å². The van der Waals surface area contributed by atoms with E-state index in [1.54, 1.807) is 17.0 Å². The van der Waals surface area contributed by atoms with Gasteiger partial charge in [-0.3, -0.25) is 0 Å². The average Bonchev–Trinajstić information content (AvgIpc) is 2.59. The molecule has 2 N–H and O–H groups in total. The van der Waals surface area contributed by atoms with Gasteiger partial charge in [0.25, 0.3) is 10.0 Å². The van der Waals surface area contributed by atoms with Crippen molar-refractivity contribution in [1.82, 2.24) is 10.2 Å². The van der Waals surface area contributed by atoms with E-state index in [0.717, 1.165) is 18.4 Å². The van der Waals surface area contributed by atoms with Gasteiger partial charge in [-0.25, -0.2) is 4.79 Å². The van der Waals surface area contributed by atoms with Crippen LogP contribution in [-0.2, 0) is 14.8 Å². The van der Waals surface area contributed by atoms with Crippen molar-refractivity contribution in [2.75, 3.05) is 25.0 Å². The summed E-state index contributed by atoms with van der Waals surface area (Å²) in [7, 11) is -3.71. The number of ether oxygens (including phenoxy) is 1.